The van der Waals surface area contributed by atoms with E-state index < -0.39 is 0 Å². The van der Waals surface area contributed by atoms with E-state index >= 15 is 0 Å². The Hall–Kier alpha value is -2.78. The molecule has 1 aromatic heterocycles. The monoisotopic (exact) mass is 422 g/mol. The Balaban J connectivity index is 1.48. The Morgan fingerprint density at radius 3 is 2.93 bits per heavy atom. The van der Waals surface area contributed by atoms with Crippen molar-refractivity contribution in [2.24, 2.45) is 11.3 Å². The van der Waals surface area contributed by atoms with Crippen LogP contribution in [-0.2, 0) is 17.6 Å². The van der Waals surface area contributed by atoms with Gasteiger partial charge in [0.25, 0.3) is 0 Å². The summed E-state index contributed by atoms with van der Waals surface area (Å²) in [6, 6.07) is 7.86. The molecule has 1 aliphatic heterocycles. The lowest BCUT2D eigenvalue weighted by atomic mass is 9.69. The van der Waals surface area contributed by atoms with Gasteiger partial charge in [-0.05, 0) is 59.9 Å². The second-order valence-electron chi connectivity index (χ2n) is 8.54. The SMILES string of the molecule is CCC(C)(C)C1CCc2c(sc(NC(=O)C=Cc3ccc4c(c3)OCO4)c2C#N)C1. The standard InChI is InChI=1S/C24H26N2O3S/c1-4-24(2,3)16-7-8-17-18(13-25)23(30-21(17)12-16)26-22(27)10-6-15-5-9-19-20(11-15)29-14-28-19/h5-6,9-11,16H,4,7-8,12,14H2,1-3H3,(H,26,27). The summed E-state index contributed by atoms with van der Waals surface area (Å²) in [4.78, 5) is 13.8. The largest absolute Gasteiger partial charge is 0.454 e. The Bertz CT molecular complexity index is 1050. The molecule has 0 fully saturated rings. The van der Waals surface area contributed by atoms with Gasteiger partial charge in [-0.2, -0.15) is 5.26 Å². The molecule has 6 heteroatoms. The number of anilines is 1. The van der Waals surface area contributed by atoms with Crippen molar-refractivity contribution in [2.45, 2.75) is 46.5 Å². The molecule has 0 saturated carbocycles. The molecule has 1 unspecified atom stereocenters. The molecule has 1 atom stereocenters. The van der Waals surface area contributed by atoms with Crippen molar-refractivity contribution in [2.75, 3.05) is 12.1 Å². The first-order valence-electron chi connectivity index (χ1n) is 10.3. The highest BCUT2D eigenvalue weighted by molar-refractivity contribution is 7.16. The van der Waals surface area contributed by atoms with Gasteiger partial charge in [-0.15, -0.1) is 11.3 Å². The second kappa shape index (κ2) is 8.16. The summed E-state index contributed by atoms with van der Waals surface area (Å²) in [5.74, 6) is 1.76. The van der Waals surface area contributed by atoms with E-state index in [9.17, 15) is 10.1 Å². The first kappa shape index (κ1) is 20.5. The molecule has 0 saturated heterocycles. The van der Waals surface area contributed by atoms with Crippen molar-refractivity contribution < 1.29 is 14.3 Å². The highest BCUT2D eigenvalue weighted by Gasteiger charge is 2.34. The molecule has 0 spiro atoms. The van der Waals surface area contributed by atoms with Crippen LogP contribution in [0.25, 0.3) is 6.08 Å². The fourth-order valence-electron chi connectivity index (χ4n) is 4.09. The van der Waals surface area contributed by atoms with Crippen LogP contribution in [0.5, 0.6) is 11.5 Å². The zero-order valence-electron chi connectivity index (χ0n) is 17.6. The summed E-state index contributed by atoms with van der Waals surface area (Å²) in [7, 11) is 0. The molecule has 2 aromatic rings. The number of carbonyl (C=O) groups excluding carboxylic acids is 1. The minimum absolute atomic E-state index is 0.221. The first-order valence-corrected chi connectivity index (χ1v) is 11.2. The summed E-state index contributed by atoms with van der Waals surface area (Å²) in [5.41, 5.74) is 2.89. The molecule has 156 valence electrons. The number of nitrogens with zero attached hydrogens (tertiary/aromatic N) is 1. The maximum atomic E-state index is 12.5. The van der Waals surface area contributed by atoms with Crippen LogP contribution in [0.3, 0.4) is 0 Å². The number of hydrogen-bond donors (Lipinski definition) is 1. The quantitative estimate of drug-likeness (QED) is 0.642. The van der Waals surface area contributed by atoms with Crippen LogP contribution in [0.15, 0.2) is 24.3 Å². The molecule has 2 heterocycles. The highest BCUT2D eigenvalue weighted by atomic mass is 32.1. The number of ether oxygens (including phenoxy) is 2. The maximum absolute atomic E-state index is 12.5. The van der Waals surface area contributed by atoms with Gasteiger partial charge in [0.15, 0.2) is 11.5 Å². The smallest absolute Gasteiger partial charge is 0.249 e. The predicted molar refractivity (Wildman–Crippen MR) is 119 cm³/mol. The molecule has 1 amide bonds. The molecule has 2 aliphatic rings. The first-order chi connectivity index (χ1) is 14.4. The number of nitriles is 1. The molecule has 1 N–H and O–H groups in total. The van der Waals surface area contributed by atoms with Gasteiger partial charge in [-0.3, -0.25) is 4.79 Å². The Labute approximate surface area is 181 Å². The van der Waals surface area contributed by atoms with Crippen LogP contribution in [0, 0.1) is 22.7 Å². The predicted octanol–water partition coefficient (Wildman–Crippen LogP) is 5.54. The molecule has 4 rings (SSSR count). The highest BCUT2D eigenvalue weighted by Crippen LogP contribution is 2.45. The number of fused-ring (bicyclic) bond motifs is 2. The molecule has 5 nitrogen and oxygen atoms in total. The third kappa shape index (κ3) is 3.95. The van der Waals surface area contributed by atoms with E-state index in [-0.39, 0.29) is 18.1 Å². The summed E-state index contributed by atoms with van der Waals surface area (Å²) < 4.78 is 10.7. The van der Waals surface area contributed by atoms with Gasteiger partial charge in [0.1, 0.15) is 11.1 Å². The topological polar surface area (TPSA) is 71.3 Å². The van der Waals surface area contributed by atoms with E-state index in [0.717, 1.165) is 36.8 Å². The van der Waals surface area contributed by atoms with Crippen molar-refractivity contribution >= 4 is 28.3 Å². The number of rotatable bonds is 5. The van der Waals surface area contributed by atoms with Gasteiger partial charge < -0.3 is 14.8 Å². The van der Waals surface area contributed by atoms with E-state index in [1.807, 2.05) is 18.2 Å². The van der Waals surface area contributed by atoms with Crippen LogP contribution in [0.4, 0.5) is 5.00 Å². The van der Waals surface area contributed by atoms with Crippen molar-refractivity contribution in [3.63, 3.8) is 0 Å². The van der Waals surface area contributed by atoms with Crippen molar-refractivity contribution in [3.05, 3.63) is 45.8 Å². The zero-order valence-corrected chi connectivity index (χ0v) is 18.4. The lowest BCUT2D eigenvalue weighted by Gasteiger charge is -2.36. The summed E-state index contributed by atoms with van der Waals surface area (Å²) >= 11 is 1.56. The van der Waals surface area contributed by atoms with E-state index in [1.165, 1.54) is 11.0 Å². The van der Waals surface area contributed by atoms with E-state index in [1.54, 1.807) is 17.4 Å². The number of benzene rings is 1. The zero-order chi connectivity index (χ0) is 21.3. The van der Waals surface area contributed by atoms with E-state index in [4.69, 9.17) is 9.47 Å². The Morgan fingerprint density at radius 1 is 1.37 bits per heavy atom. The average Bonchev–Trinajstić information content (AvgIpc) is 3.34. The summed E-state index contributed by atoms with van der Waals surface area (Å²) in [5, 5.41) is 13.3. The third-order valence-electron chi connectivity index (χ3n) is 6.45. The molecular formula is C24H26N2O3S. The average molecular weight is 423 g/mol. The summed E-state index contributed by atoms with van der Waals surface area (Å²) in [6.45, 7) is 7.11. The van der Waals surface area contributed by atoms with Crippen LogP contribution in [0.1, 0.15) is 55.2 Å². The molecular weight excluding hydrogens is 396 g/mol. The lowest BCUT2D eigenvalue weighted by Crippen LogP contribution is -2.28. The van der Waals surface area contributed by atoms with Crippen LogP contribution >= 0.6 is 11.3 Å². The molecule has 0 bridgehead atoms. The number of nitrogens with one attached hydrogen (secondary N) is 1. The number of carbonyl (C=O) groups is 1. The molecule has 30 heavy (non-hydrogen) atoms. The van der Waals surface area contributed by atoms with Crippen molar-refractivity contribution in [3.8, 4) is 17.6 Å². The fourth-order valence-corrected chi connectivity index (χ4v) is 5.37. The Morgan fingerprint density at radius 2 is 2.17 bits per heavy atom. The van der Waals surface area contributed by atoms with Gasteiger partial charge in [0, 0.05) is 11.0 Å². The summed E-state index contributed by atoms with van der Waals surface area (Å²) in [6.07, 6.45) is 7.34. The van der Waals surface area contributed by atoms with Crippen molar-refractivity contribution in [1.82, 2.24) is 0 Å². The second-order valence-corrected chi connectivity index (χ2v) is 9.64. The maximum Gasteiger partial charge on any atom is 0.249 e. The number of amides is 1. The minimum atomic E-state index is -0.242. The van der Waals surface area contributed by atoms with Gasteiger partial charge in [0.2, 0.25) is 12.7 Å². The van der Waals surface area contributed by atoms with Crippen LogP contribution in [-0.4, -0.2) is 12.7 Å². The van der Waals surface area contributed by atoms with Gasteiger partial charge in [0.05, 0.1) is 5.56 Å². The molecule has 1 aliphatic carbocycles. The molecule has 0 radical (unpaired) electrons. The fraction of sp³-hybridized carbons (Fsp3) is 0.417. The van der Waals surface area contributed by atoms with Crippen molar-refractivity contribution in [1.29, 1.82) is 5.26 Å². The van der Waals surface area contributed by atoms with E-state index in [2.05, 4.69) is 32.2 Å². The number of hydrogen-bond acceptors (Lipinski definition) is 5. The van der Waals surface area contributed by atoms with Crippen LogP contribution < -0.4 is 14.8 Å². The molecule has 1 aromatic carbocycles. The van der Waals surface area contributed by atoms with Gasteiger partial charge in [-0.25, -0.2) is 0 Å². The third-order valence-corrected chi connectivity index (χ3v) is 7.62. The Kier molecular flexibility index (Phi) is 5.57. The minimum Gasteiger partial charge on any atom is -0.454 e. The number of thiophene rings is 1. The normalized spacial score (nSPS) is 17.6. The lowest BCUT2D eigenvalue weighted by molar-refractivity contribution is -0.111. The van der Waals surface area contributed by atoms with E-state index in [0.29, 0.717) is 28.0 Å². The van der Waals surface area contributed by atoms with Crippen LogP contribution in [0.2, 0.25) is 0 Å². The van der Waals surface area contributed by atoms with Gasteiger partial charge in [-0.1, -0.05) is 33.3 Å². The van der Waals surface area contributed by atoms with Gasteiger partial charge >= 0.3 is 0 Å².